The van der Waals surface area contributed by atoms with Crippen LogP contribution in [0.4, 0.5) is 0 Å². The van der Waals surface area contributed by atoms with Crippen molar-refractivity contribution in [2.45, 2.75) is 25.4 Å². The topological polar surface area (TPSA) is 30.5 Å². The van der Waals surface area contributed by atoms with Crippen molar-refractivity contribution in [2.24, 2.45) is 5.92 Å². The molecule has 2 heterocycles. The Morgan fingerprint density at radius 3 is 2.77 bits per heavy atom. The van der Waals surface area contributed by atoms with E-state index in [0.29, 0.717) is 6.10 Å². The summed E-state index contributed by atoms with van der Waals surface area (Å²) >= 11 is 0. The van der Waals surface area contributed by atoms with E-state index in [4.69, 9.17) is 9.47 Å². The van der Waals surface area contributed by atoms with Gasteiger partial charge in [-0.1, -0.05) is 0 Å². The molecule has 0 amide bonds. The highest BCUT2D eigenvalue weighted by molar-refractivity contribution is 4.70. The molecule has 0 aromatic heterocycles. The van der Waals surface area contributed by atoms with Crippen molar-refractivity contribution >= 4 is 0 Å². The van der Waals surface area contributed by atoms with Crippen molar-refractivity contribution < 1.29 is 9.47 Å². The Morgan fingerprint density at radius 2 is 2.08 bits per heavy atom. The number of ether oxygens (including phenoxy) is 2. The lowest BCUT2D eigenvalue weighted by Gasteiger charge is -2.23. The minimum absolute atomic E-state index is 0.384. The molecule has 0 aromatic rings. The Kier molecular flexibility index (Phi) is 3.58. The molecule has 2 aliphatic rings. The highest BCUT2D eigenvalue weighted by Crippen LogP contribution is 2.15. The van der Waals surface area contributed by atoms with Crippen molar-refractivity contribution in [1.29, 1.82) is 0 Å². The quantitative estimate of drug-likeness (QED) is 0.705. The monoisotopic (exact) mass is 185 g/mol. The molecular formula is C10H19NO2. The fourth-order valence-corrected chi connectivity index (χ4v) is 1.96. The zero-order valence-corrected chi connectivity index (χ0v) is 8.13. The summed E-state index contributed by atoms with van der Waals surface area (Å²) in [6, 6.07) is 0. The third-order valence-corrected chi connectivity index (χ3v) is 2.91. The average molecular weight is 185 g/mol. The molecule has 2 rings (SSSR count). The zero-order valence-electron chi connectivity index (χ0n) is 8.13. The third-order valence-electron chi connectivity index (χ3n) is 2.91. The first-order valence-corrected chi connectivity index (χ1v) is 5.35. The maximum atomic E-state index is 5.79. The van der Waals surface area contributed by atoms with Gasteiger partial charge in [0.1, 0.15) is 0 Å². The molecule has 76 valence electrons. The fraction of sp³-hybridized carbons (Fsp3) is 1.00. The second-order valence-electron chi connectivity index (χ2n) is 4.01. The zero-order chi connectivity index (χ0) is 8.93. The van der Waals surface area contributed by atoms with Crippen molar-refractivity contribution in [2.75, 3.05) is 32.9 Å². The van der Waals surface area contributed by atoms with E-state index in [1.807, 2.05) is 0 Å². The van der Waals surface area contributed by atoms with E-state index < -0.39 is 0 Å². The van der Waals surface area contributed by atoms with Gasteiger partial charge in [0, 0.05) is 13.2 Å². The summed E-state index contributed by atoms with van der Waals surface area (Å²) in [5.41, 5.74) is 0. The van der Waals surface area contributed by atoms with Gasteiger partial charge in [0.2, 0.25) is 0 Å². The van der Waals surface area contributed by atoms with E-state index in [-0.39, 0.29) is 0 Å². The van der Waals surface area contributed by atoms with E-state index in [1.54, 1.807) is 0 Å². The summed E-state index contributed by atoms with van der Waals surface area (Å²) in [4.78, 5) is 0. The van der Waals surface area contributed by atoms with Crippen LogP contribution in [0.3, 0.4) is 0 Å². The lowest BCUT2D eigenvalue weighted by Crippen LogP contribution is -2.31. The number of rotatable bonds is 3. The molecule has 0 aromatic carbocycles. The Balaban J connectivity index is 1.60. The Labute approximate surface area is 79.8 Å². The van der Waals surface area contributed by atoms with Gasteiger partial charge in [0.25, 0.3) is 0 Å². The van der Waals surface area contributed by atoms with Crippen molar-refractivity contribution in [3.05, 3.63) is 0 Å². The number of hydrogen-bond acceptors (Lipinski definition) is 3. The molecule has 3 heteroatoms. The Morgan fingerprint density at radius 1 is 1.23 bits per heavy atom. The highest BCUT2D eigenvalue weighted by Gasteiger charge is 2.19. The first-order valence-electron chi connectivity index (χ1n) is 5.35. The molecule has 0 unspecified atom stereocenters. The average Bonchev–Trinajstić information content (AvgIpc) is 2.69. The largest absolute Gasteiger partial charge is 0.379 e. The first kappa shape index (κ1) is 9.44. The molecule has 0 bridgehead atoms. The number of piperidine rings is 1. The molecule has 2 aliphatic heterocycles. The second kappa shape index (κ2) is 4.94. The van der Waals surface area contributed by atoms with E-state index >= 15 is 0 Å². The van der Waals surface area contributed by atoms with Crippen LogP contribution in [0.1, 0.15) is 19.3 Å². The van der Waals surface area contributed by atoms with Gasteiger partial charge >= 0.3 is 0 Å². The minimum Gasteiger partial charge on any atom is -0.379 e. The summed E-state index contributed by atoms with van der Waals surface area (Å²) in [6.45, 7) is 4.96. The van der Waals surface area contributed by atoms with E-state index in [9.17, 15) is 0 Å². The van der Waals surface area contributed by atoms with E-state index in [1.165, 1.54) is 12.8 Å². The fourth-order valence-electron chi connectivity index (χ4n) is 1.96. The molecule has 0 radical (unpaired) electrons. The van der Waals surface area contributed by atoms with Gasteiger partial charge in [0.05, 0.1) is 12.7 Å². The maximum absolute atomic E-state index is 5.79. The van der Waals surface area contributed by atoms with Crippen LogP contribution in [0, 0.1) is 5.92 Å². The molecule has 0 aliphatic carbocycles. The predicted octanol–water partition coefficient (Wildman–Crippen LogP) is 0.791. The summed E-state index contributed by atoms with van der Waals surface area (Å²) in [5, 5.41) is 3.36. The minimum atomic E-state index is 0.384. The first-order chi connectivity index (χ1) is 6.45. The van der Waals surface area contributed by atoms with Gasteiger partial charge in [-0.25, -0.2) is 0 Å². The molecular weight excluding hydrogens is 166 g/mol. The lowest BCUT2D eigenvalue weighted by atomic mass is 9.99. The van der Waals surface area contributed by atoms with Crippen molar-refractivity contribution in [1.82, 2.24) is 5.32 Å². The summed E-state index contributed by atoms with van der Waals surface area (Å²) in [5.74, 6) is 0.779. The number of nitrogens with one attached hydrogen (secondary N) is 1. The van der Waals surface area contributed by atoms with Crippen LogP contribution in [0.2, 0.25) is 0 Å². The Bertz CT molecular complexity index is 140. The van der Waals surface area contributed by atoms with Crippen molar-refractivity contribution in [3.63, 3.8) is 0 Å². The van der Waals surface area contributed by atoms with E-state index in [2.05, 4.69) is 5.32 Å². The van der Waals surface area contributed by atoms with Crippen LogP contribution in [-0.4, -0.2) is 39.0 Å². The molecule has 13 heavy (non-hydrogen) atoms. The summed E-state index contributed by atoms with van der Waals surface area (Å²) in [7, 11) is 0. The van der Waals surface area contributed by atoms with Gasteiger partial charge in [-0.2, -0.15) is 0 Å². The van der Waals surface area contributed by atoms with Crippen LogP contribution in [0.5, 0.6) is 0 Å². The highest BCUT2D eigenvalue weighted by atomic mass is 16.5. The number of hydrogen-bond donors (Lipinski definition) is 1. The SMILES string of the molecule is C1CC(CO[C@@H]2CCOC2)CCN1. The second-order valence-corrected chi connectivity index (χ2v) is 4.01. The van der Waals surface area contributed by atoms with Gasteiger partial charge in [-0.05, 0) is 38.3 Å². The third kappa shape index (κ3) is 2.93. The lowest BCUT2D eigenvalue weighted by molar-refractivity contribution is 0.0162. The molecule has 0 saturated carbocycles. The van der Waals surface area contributed by atoms with Crippen LogP contribution >= 0.6 is 0 Å². The summed E-state index contributed by atoms with van der Waals surface area (Å²) in [6.07, 6.45) is 4.02. The smallest absolute Gasteiger partial charge is 0.0830 e. The molecule has 2 fully saturated rings. The van der Waals surface area contributed by atoms with Gasteiger partial charge in [-0.3, -0.25) is 0 Å². The van der Waals surface area contributed by atoms with Crippen LogP contribution in [0.25, 0.3) is 0 Å². The van der Waals surface area contributed by atoms with Gasteiger partial charge in [0.15, 0.2) is 0 Å². The summed E-state index contributed by atoms with van der Waals surface area (Å²) < 4.78 is 11.0. The van der Waals surface area contributed by atoms with Gasteiger partial charge in [-0.15, -0.1) is 0 Å². The molecule has 1 N–H and O–H groups in total. The Hall–Kier alpha value is -0.120. The molecule has 3 nitrogen and oxygen atoms in total. The standard InChI is InChI=1S/C10H19NO2/c1-4-11-5-2-9(1)7-13-10-3-6-12-8-10/h9-11H,1-8H2/t10-/m1/s1. The maximum Gasteiger partial charge on any atom is 0.0830 e. The molecule has 2 saturated heterocycles. The van der Waals surface area contributed by atoms with Crippen LogP contribution in [0.15, 0.2) is 0 Å². The normalized spacial score (nSPS) is 30.9. The predicted molar refractivity (Wildman–Crippen MR) is 50.8 cm³/mol. The molecule has 0 spiro atoms. The van der Waals surface area contributed by atoms with E-state index in [0.717, 1.165) is 45.2 Å². The van der Waals surface area contributed by atoms with Gasteiger partial charge < -0.3 is 14.8 Å². The van der Waals surface area contributed by atoms with Crippen molar-refractivity contribution in [3.8, 4) is 0 Å². The van der Waals surface area contributed by atoms with Crippen LogP contribution < -0.4 is 5.32 Å². The van der Waals surface area contributed by atoms with Crippen LogP contribution in [-0.2, 0) is 9.47 Å². The molecule has 1 atom stereocenters.